The topological polar surface area (TPSA) is 95.3 Å². The van der Waals surface area contributed by atoms with Crippen LogP contribution in [0.2, 0.25) is 0 Å². The van der Waals surface area contributed by atoms with Gasteiger partial charge in [-0.1, -0.05) is 31.0 Å². The molecule has 10 heteroatoms. The van der Waals surface area contributed by atoms with Crippen molar-refractivity contribution in [1.29, 1.82) is 0 Å². The van der Waals surface area contributed by atoms with Crippen LogP contribution in [0.1, 0.15) is 44.6 Å². The number of ether oxygens (including phenoxy) is 2. The molecule has 1 aromatic carbocycles. The molecule has 0 aliphatic heterocycles. The molecule has 1 fully saturated rings. The van der Waals surface area contributed by atoms with Crippen LogP contribution in [0.25, 0.3) is 11.4 Å². The van der Waals surface area contributed by atoms with Crippen LogP contribution in [0.15, 0.2) is 23.4 Å². The van der Waals surface area contributed by atoms with Crippen LogP contribution in [-0.4, -0.2) is 56.0 Å². The number of sulfonamides is 1. The van der Waals surface area contributed by atoms with Gasteiger partial charge in [0.1, 0.15) is 0 Å². The van der Waals surface area contributed by atoms with Crippen LogP contribution in [0.3, 0.4) is 0 Å². The van der Waals surface area contributed by atoms with E-state index in [-0.39, 0.29) is 0 Å². The SMILES string of the molecule is COc1ccc(-c2nnc(SCCCNS(C)(=O)=O)n2C2CCCCC2)cc1OC. The Bertz CT molecular complexity index is 940. The first-order valence-electron chi connectivity index (χ1n) is 10.2. The average molecular weight is 455 g/mol. The summed E-state index contributed by atoms with van der Waals surface area (Å²) in [4.78, 5) is 0. The first kappa shape index (κ1) is 22.9. The maximum absolute atomic E-state index is 11.2. The van der Waals surface area contributed by atoms with Gasteiger partial charge in [-0.15, -0.1) is 10.2 Å². The molecule has 3 rings (SSSR count). The molecule has 1 saturated carbocycles. The standard InChI is InChI=1S/C20H30N4O4S2/c1-27-17-11-10-15(14-18(17)28-2)19-22-23-20(24(19)16-8-5-4-6-9-16)29-13-7-12-21-30(3,25)26/h10-11,14,16,21H,4-9,12-13H2,1-3H3. The highest BCUT2D eigenvalue weighted by atomic mass is 32.2. The second kappa shape index (κ2) is 10.5. The first-order chi connectivity index (χ1) is 14.4. The van der Waals surface area contributed by atoms with Gasteiger partial charge in [-0.25, -0.2) is 13.1 Å². The molecule has 0 saturated heterocycles. The Morgan fingerprint density at radius 1 is 1.13 bits per heavy atom. The molecule has 8 nitrogen and oxygen atoms in total. The molecule has 30 heavy (non-hydrogen) atoms. The number of methoxy groups -OCH3 is 2. The quantitative estimate of drug-likeness (QED) is 0.434. The van der Waals surface area contributed by atoms with Crippen molar-refractivity contribution in [2.45, 2.75) is 49.7 Å². The summed E-state index contributed by atoms with van der Waals surface area (Å²) in [5.41, 5.74) is 0.941. The van der Waals surface area contributed by atoms with E-state index in [4.69, 9.17) is 9.47 Å². The van der Waals surface area contributed by atoms with Gasteiger partial charge in [-0.05, 0) is 37.5 Å². The van der Waals surface area contributed by atoms with E-state index in [9.17, 15) is 8.42 Å². The molecule has 0 atom stereocenters. The van der Waals surface area contributed by atoms with Crippen molar-refractivity contribution in [3.63, 3.8) is 0 Å². The van der Waals surface area contributed by atoms with Crippen molar-refractivity contribution in [2.75, 3.05) is 32.8 Å². The summed E-state index contributed by atoms with van der Waals surface area (Å²) < 4.78 is 38.1. The van der Waals surface area contributed by atoms with Crippen molar-refractivity contribution in [1.82, 2.24) is 19.5 Å². The Hall–Kier alpha value is -1.78. The van der Waals surface area contributed by atoms with E-state index in [1.807, 2.05) is 18.2 Å². The van der Waals surface area contributed by atoms with Crippen molar-refractivity contribution in [3.05, 3.63) is 18.2 Å². The van der Waals surface area contributed by atoms with Crippen LogP contribution in [0, 0.1) is 0 Å². The normalized spacial score (nSPS) is 15.3. The van der Waals surface area contributed by atoms with Crippen LogP contribution < -0.4 is 14.2 Å². The van der Waals surface area contributed by atoms with E-state index in [0.717, 1.165) is 41.6 Å². The summed E-state index contributed by atoms with van der Waals surface area (Å²) in [6, 6.07) is 6.17. The van der Waals surface area contributed by atoms with E-state index in [0.29, 0.717) is 24.1 Å². The predicted molar refractivity (Wildman–Crippen MR) is 119 cm³/mol. The van der Waals surface area contributed by atoms with Gasteiger partial charge in [-0.2, -0.15) is 0 Å². The molecule has 166 valence electrons. The number of thioether (sulfide) groups is 1. The molecule has 0 bridgehead atoms. The first-order valence-corrected chi connectivity index (χ1v) is 13.1. The molecular weight excluding hydrogens is 424 g/mol. The second-order valence-corrected chi connectivity index (χ2v) is 10.3. The fraction of sp³-hybridized carbons (Fsp3) is 0.600. The minimum Gasteiger partial charge on any atom is -0.493 e. The highest BCUT2D eigenvalue weighted by Gasteiger charge is 2.24. The number of nitrogens with zero attached hydrogens (tertiary/aromatic N) is 3. The van der Waals surface area contributed by atoms with E-state index < -0.39 is 10.0 Å². The number of nitrogens with one attached hydrogen (secondary N) is 1. The third-order valence-electron chi connectivity index (χ3n) is 5.16. The second-order valence-electron chi connectivity index (χ2n) is 7.41. The van der Waals surface area contributed by atoms with Crippen molar-refractivity contribution in [3.8, 4) is 22.9 Å². The van der Waals surface area contributed by atoms with Gasteiger partial charge in [0, 0.05) is 23.9 Å². The van der Waals surface area contributed by atoms with Crippen LogP contribution in [-0.2, 0) is 10.0 Å². The Labute approximate surface area is 182 Å². The lowest BCUT2D eigenvalue weighted by Crippen LogP contribution is -2.23. The van der Waals surface area contributed by atoms with Crippen molar-refractivity contribution >= 4 is 21.8 Å². The molecule has 0 unspecified atom stereocenters. The molecular formula is C20H30N4O4S2. The Balaban J connectivity index is 1.83. The number of aromatic nitrogens is 3. The van der Waals surface area contributed by atoms with Crippen molar-refractivity contribution in [2.24, 2.45) is 0 Å². The number of rotatable bonds is 10. The zero-order valence-corrected chi connectivity index (χ0v) is 19.4. The van der Waals surface area contributed by atoms with Crippen LogP contribution in [0.5, 0.6) is 11.5 Å². The molecule has 1 aromatic heterocycles. The fourth-order valence-electron chi connectivity index (χ4n) is 3.71. The van der Waals surface area contributed by atoms with Gasteiger partial charge in [0.25, 0.3) is 0 Å². The predicted octanol–water partition coefficient (Wildman–Crippen LogP) is 3.50. The molecule has 1 N–H and O–H groups in total. The Kier molecular flexibility index (Phi) is 8.01. The van der Waals surface area contributed by atoms with E-state index in [1.54, 1.807) is 26.0 Å². The Morgan fingerprint density at radius 2 is 1.87 bits per heavy atom. The van der Waals surface area contributed by atoms with Gasteiger partial charge in [0.15, 0.2) is 22.5 Å². The lowest BCUT2D eigenvalue weighted by atomic mass is 9.95. The molecule has 1 aliphatic carbocycles. The summed E-state index contributed by atoms with van der Waals surface area (Å²) in [5, 5.41) is 9.87. The molecule has 0 amide bonds. The maximum Gasteiger partial charge on any atom is 0.208 e. The highest BCUT2D eigenvalue weighted by Crippen LogP contribution is 2.38. The van der Waals surface area contributed by atoms with E-state index >= 15 is 0 Å². The minimum absolute atomic E-state index is 0.369. The summed E-state index contributed by atoms with van der Waals surface area (Å²) >= 11 is 1.62. The largest absolute Gasteiger partial charge is 0.493 e. The van der Waals surface area contributed by atoms with Gasteiger partial charge in [-0.3, -0.25) is 4.57 Å². The smallest absolute Gasteiger partial charge is 0.208 e. The van der Waals surface area contributed by atoms with Crippen LogP contribution >= 0.6 is 11.8 Å². The number of hydrogen-bond acceptors (Lipinski definition) is 7. The van der Waals surface area contributed by atoms with E-state index in [1.165, 1.54) is 25.5 Å². The third kappa shape index (κ3) is 5.89. The van der Waals surface area contributed by atoms with Crippen LogP contribution in [0.4, 0.5) is 0 Å². The third-order valence-corrected chi connectivity index (χ3v) is 6.92. The summed E-state index contributed by atoms with van der Waals surface area (Å²) in [6.07, 6.45) is 7.80. The molecule has 0 spiro atoms. The van der Waals surface area contributed by atoms with Gasteiger partial charge in [0.05, 0.1) is 20.5 Å². The molecule has 0 radical (unpaired) electrons. The maximum atomic E-state index is 11.2. The molecule has 1 heterocycles. The summed E-state index contributed by atoms with van der Waals surface area (Å²) in [5.74, 6) is 2.94. The van der Waals surface area contributed by atoms with Gasteiger partial charge in [0.2, 0.25) is 10.0 Å². The fourth-order valence-corrected chi connectivity index (χ4v) is 5.17. The number of benzene rings is 1. The lowest BCUT2D eigenvalue weighted by Gasteiger charge is -2.25. The van der Waals surface area contributed by atoms with Crippen molar-refractivity contribution < 1.29 is 17.9 Å². The lowest BCUT2D eigenvalue weighted by molar-refractivity contribution is 0.339. The summed E-state index contributed by atoms with van der Waals surface area (Å²) in [7, 11) is 0.0914. The molecule has 1 aliphatic rings. The molecule has 2 aromatic rings. The van der Waals surface area contributed by atoms with Gasteiger partial charge < -0.3 is 9.47 Å². The summed E-state index contributed by atoms with van der Waals surface area (Å²) in [6.45, 7) is 0.423. The van der Waals surface area contributed by atoms with Gasteiger partial charge >= 0.3 is 0 Å². The highest BCUT2D eigenvalue weighted by molar-refractivity contribution is 7.99. The minimum atomic E-state index is -3.15. The van der Waals surface area contributed by atoms with E-state index in [2.05, 4.69) is 19.5 Å². The zero-order chi connectivity index (χ0) is 21.6. The monoisotopic (exact) mass is 454 g/mol. The average Bonchev–Trinajstić information content (AvgIpc) is 3.16. The number of hydrogen-bond donors (Lipinski definition) is 1. The Morgan fingerprint density at radius 3 is 2.53 bits per heavy atom. The zero-order valence-electron chi connectivity index (χ0n) is 17.8.